The van der Waals surface area contributed by atoms with E-state index >= 15 is 0 Å². The van der Waals surface area contributed by atoms with Gasteiger partial charge in [-0.3, -0.25) is 0 Å². The van der Waals surface area contributed by atoms with Gasteiger partial charge in [0, 0.05) is 6.61 Å². The van der Waals surface area contributed by atoms with Gasteiger partial charge < -0.3 is 5.11 Å². The molecule has 0 atom stereocenters. The minimum absolute atomic E-state index is 0.389. The lowest BCUT2D eigenvalue weighted by Crippen LogP contribution is -2.40. The highest BCUT2D eigenvalue weighted by Gasteiger charge is 2.59. The highest BCUT2D eigenvalue weighted by molar-refractivity contribution is 5.09. The molecule has 0 unspecified atom stereocenters. The van der Waals surface area contributed by atoms with Gasteiger partial charge in [-0.05, 0) is 42.9 Å². The first-order valence-electron chi connectivity index (χ1n) is 4.89. The summed E-state index contributed by atoms with van der Waals surface area (Å²) in [4.78, 5) is 0. The lowest BCUT2D eigenvalue weighted by atomic mass is 9.58. The van der Waals surface area contributed by atoms with Crippen molar-refractivity contribution in [2.45, 2.75) is 45.4 Å². The lowest BCUT2D eigenvalue weighted by Gasteiger charge is -2.48. The van der Waals surface area contributed by atoms with Gasteiger partial charge in [-0.15, -0.1) is 0 Å². The molecule has 2 fully saturated rings. The van der Waals surface area contributed by atoms with E-state index in [0.29, 0.717) is 17.4 Å². The smallest absolute Gasteiger partial charge is 0.0492 e. The van der Waals surface area contributed by atoms with Crippen molar-refractivity contribution < 1.29 is 5.11 Å². The second-order valence-corrected chi connectivity index (χ2v) is 4.43. The van der Waals surface area contributed by atoms with Gasteiger partial charge >= 0.3 is 0 Å². The van der Waals surface area contributed by atoms with Gasteiger partial charge in [0.25, 0.3) is 0 Å². The molecule has 0 aliphatic heterocycles. The van der Waals surface area contributed by atoms with Crippen molar-refractivity contribution in [1.82, 2.24) is 0 Å². The molecule has 2 aliphatic rings. The van der Waals surface area contributed by atoms with Crippen LogP contribution in [0.3, 0.4) is 0 Å². The van der Waals surface area contributed by atoms with Crippen molar-refractivity contribution >= 4 is 0 Å². The molecule has 1 heteroatoms. The van der Waals surface area contributed by atoms with Crippen LogP contribution in [0.25, 0.3) is 0 Å². The topological polar surface area (TPSA) is 20.2 Å². The van der Waals surface area contributed by atoms with E-state index in [9.17, 15) is 5.11 Å². The first-order valence-corrected chi connectivity index (χ1v) is 4.89. The highest BCUT2D eigenvalue weighted by atomic mass is 16.3. The summed E-state index contributed by atoms with van der Waals surface area (Å²) in [6.07, 6.45) is 8.02. The molecule has 11 heavy (non-hydrogen) atoms. The maximum absolute atomic E-state index is 9.29. The van der Waals surface area contributed by atoms with Crippen LogP contribution < -0.4 is 0 Å². The molecular formula is C10H18O. The molecule has 0 radical (unpaired) electrons. The molecule has 64 valence electrons. The van der Waals surface area contributed by atoms with Crippen LogP contribution in [-0.4, -0.2) is 11.7 Å². The molecule has 2 rings (SSSR count). The standard InChI is InChI=1S/C10H18O/c1-2-9(4-3-5-9)10(8-11)6-7-10/h11H,2-8H2,1H3. The summed E-state index contributed by atoms with van der Waals surface area (Å²) in [5.74, 6) is 0. The summed E-state index contributed by atoms with van der Waals surface area (Å²) in [5.41, 5.74) is 0.960. The third kappa shape index (κ3) is 0.807. The molecule has 0 aromatic rings. The fourth-order valence-corrected chi connectivity index (χ4v) is 2.87. The van der Waals surface area contributed by atoms with Crippen LogP contribution in [0.5, 0.6) is 0 Å². The second kappa shape index (κ2) is 2.22. The van der Waals surface area contributed by atoms with Crippen LogP contribution in [0.2, 0.25) is 0 Å². The molecule has 1 nitrogen and oxygen atoms in total. The minimum Gasteiger partial charge on any atom is -0.396 e. The van der Waals surface area contributed by atoms with Crippen molar-refractivity contribution in [3.8, 4) is 0 Å². The minimum atomic E-state index is 0.389. The van der Waals surface area contributed by atoms with Crippen LogP contribution in [0.15, 0.2) is 0 Å². The Morgan fingerprint density at radius 2 is 1.73 bits per heavy atom. The fraction of sp³-hybridized carbons (Fsp3) is 1.00. The summed E-state index contributed by atoms with van der Waals surface area (Å²) in [5, 5.41) is 9.29. The average Bonchev–Trinajstić information content (AvgIpc) is 2.68. The summed E-state index contributed by atoms with van der Waals surface area (Å²) < 4.78 is 0. The summed E-state index contributed by atoms with van der Waals surface area (Å²) >= 11 is 0. The van der Waals surface area contributed by atoms with Crippen molar-refractivity contribution in [2.75, 3.05) is 6.61 Å². The highest BCUT2D eigenvalue weighted by Crippen LogP contribution is 2.67. The SMILES string of the molecule is CCC1(C2(CO)CC2)CCC1. The quantitative estimate of drug-likeness (QED) is 0.661. The lowest BCUT2D eigenvalue weighted by molar-refractivity contribution is -0.00997. The van der Waals surface area contributed by atoms with Gasteiger partial charge in [0.1, 0.15) is 0 Å². The van der Waals surface area contributed by atoms with Gasteiger partial charge in [0.05, 0.1) is 0 Å². The largest absolute Gasteiger partial charge is 0.396 e. The number of hydrogen-bond acceptors (Lipinski definition) is 1. The van der Waals surface area contributed by atoms with Gasteiger partial charge in [-0.2, -0.15) is 0 Å². The van der Waals surface area contributed by atoms with E-state index in [1.54, 1.807) is 0 Å². The molecule has 0 aromatic carbocycles. The third-order valence-corrected chi connectivity index (χ3v) is 4.27. The summed E-state index contributed by atoms with van der Waals surface area (Å²) in [6, 6.07) is 0. The van der Waals surface area contributed by atoms with Crippen LogP contribution in [0.1, 0.15) is 45.4 Å². The maximum atomic E-state index is 9.29. The number of aliphatic hydroxyl groups excluding tert-OH is 1. The Labute approximate surface area is 68.8 Å². The number of rotatable bonds is 3. The van der Waals surface area contributed by atoms with Gasteiger partial charge in [-0.1, -0.05) is 13.3 Å². The second-order valence-electron chi connectivity index (χ2n) is 4.43. The monoisotopic (exact) mass is 154 g/mol. The molecule has 0 spiro atoms. The number of aliphatic hydroxyl groups is 1. The van der Waals surface area contributed by atoms with Crippen LogP contribution >= 0.6 is 0 Å². The molecule has 0 aromatic heterocycles. The summed E-state index contributed by atoms with van der Waals surface area (Å²) in [7, 11) is 0. The zero-order chi connectivity index (χ0) is 7.95. The molecule has 0 saturated heterocycles. The van der Waals surface area contributed by atoms with Crippen LogP contribution in [-0.2, 0) is 0 Å². The van der Waals surface area contributed by atoms with E-state index in [2.05, 4.69) is 6.92 Å². The zero-order valence-electron chi connectivity index (χ0n) is 7.40. The van der Waals surface area contributed by atoms with Crippen molar-refractivity contribution in [3.63, 3.8) is 0 Å². The Bertz CT molecular complexity index is 149. The average molecular weight is 154 g/mol. The Kier molecular flexibility index (Phi) is 1.54. The molecule has 0 bridgehead atoms. The number of hydrogen-bond donors (Lipinski definition) is 1. The Hall–Kier alpha value is -0.0400. The van der Waals surface area contributed by atoms with Crippen molar-refractivity contribution in [3.05, 3.63) is 0 Å². The Morgan fingerprint density at radius 3 is 1.82 bits per heavy atom. The van der Waals surface area contributed by atoms with Crippen molar-refractivity contribution in [1.29, 1.82) is 0 Å². The van der Waals surface area contributed by atoms with E-state index in [-0.39, 0.29) is 0 Å². The first kappa shape index (κ1) is 7.60. The predicted molar refractivity (Wildman–Crippen MR) is 45.3 cm³/mol. The predicted octanol–water partition coefficient (Wildman–Crippen LogP) is 2.34. The molecule has 0 amide bonds. The molecule has 2 aliphatic carbocycles. The Morgan fingerprint density at radius 1 is 1.09 bits per heavy atom. The fourth-order valence-electron chi connectivity index (χ4n) is 2.87. The van der Waals surface area contributed by atoms with E-state index in [1.165, 1.54) is 38.5 Å². The first-order chi connectivity index (χ1) is 5.29. The molecule has 0 heterocycles. The van der Waals surface area contributed by atoms with Gasteiger partial charge in [0.15, 0.2) is 0 Å². The van der Waals surface area contributed by atoms with E-state index in [4.69, 9.17) is 0 Å². The normalized spacial score (nSPS) is 31.1. The third-order valence-electron chi connectivity index (χ3n) is 4.27. The Balaban J connectivity index is 2.11. The molecule has 1 N–H and O–H groups in total. The van der Waals surface area contributed by atoms with Crippen molar-refractivity contribution in [2.24, 2.45) is 10.8 Å². The van der Waals surface area contributed by atoms with Crippen LogP contribution in [0.4, 0.5) is 0 Å². The van der Waals surface area contributed by atoms with E-state index < -0.39 is 0 Å². The molecule has 2 saturated carbocycles. The van der Waals surface area contributed by atoms with Gasteiger partial charge in [0.2, 0.25) is 0 Å². The molecular weight excluding hydrogens is 136 g/mol. The zero-order valence-corrected chi connectivity index (χ0v) is 7.40. The summed E-state index contributed by atoms with van der Waals surface area (Å²) in [6.45, 7) is 2.73. The van der Waals surface area contributed by atoms with E-state index in [0.717, 1.165) is 0 Å². The maximum Gasteiger partial charge on any atom is 0.0492 e. The van der Waals surface area contributed by atoms with E-state index in [1.807, 2.05) is 0 Å². The van der Waals surface area contributed by atoms with Gasteiger partial charge in [-0.25, -0.2) is 0 Å². The van der Waals surface area contributed by atoms with Crippen LogP contribution in [0, 0.1) is 10.8 Å².